The van der Waals surface area contributed by atoms with Gasteiger partial charge in [-0.1, -0.05) is 5.16 Å². The van der Waals surface area contributed by atoms with Crippen molar-refractivity contribution in [3.8, 4) is 11.4 Å². The summed E-state index contributed by atoms with van der Waals surface area (Å²) in [5.41, 5.74) is 3.01. The van der Waals surface area contributed by atoms with E-state index in [1.54, 1.807) is 0 Å². The van der Waals surface area contributed by atoms with Crippen LogP contribution < -0.4 is 5.32 Å². The van der Waals surface area contributed by atoms with Gasteiger partial charge >= 0.3 is 0 Å². The number of hydrogen-bond donors (Lipinski definition) is 1. The van der Waals surface area contributed by atoms with Crippen LogP contribution in [0, 0.1) is 13.8 Å². The van der Waals surface area contributed by atoms with Crippen LogP contribution >= 0.6 is 0 Å². The molecule has 0 radical (unpaired) electrons. The van der Waals surface area contributed by atoms with E-state index in [1.807, 2.05) is 25.6 Å². The summed E-state index contributed by atoms with van der Waals surface area (Å²) < 4.78 is 7.36. The van der Waals surface area contributed by atoms with E-state index in [9.17, 15) is 0 Å². The lowest BCUT2D eigenvalue weighted by molar-refractivity contribution is 0.343. The van der Waals surface area contributed by atoms with Crippen molar-refractivity contribution in [2.75, 3.05) is 13.1 Å². The minimum atomic E-state index is 0.378. The third-order valence-electron chi connectivity index (χ3n) is 4.10. The van der Waals surface area contributed by atoms with Crippen molar-refractivity contribution in [2.45, 2.75) is 39.0 Å². The fourth-order valence-electron chi connectivity index (χ4n) is 2.87. The van der Waals surface area contributed by atoms with Crippen LogP contribution in [0.5, 0.6) is 0 Å². The molecule has 6 nitrogen and oxygen atoms in total. The normalized spacial score (nSPS) is 20.1. The van der Waals surface area contributed by atoms with Crippen LogP contribution in [0.2, 0.25) is 0 Å². The third-order valence-corrected chi connectivity index (χ3v) is 4.10. The summed E-state index contributed by atoms with van der Waals surface area (Å²) in [6.45, 7) is 6.11. The molecular formula is C14H21N5O. The standard InChI is InChI=1S/C14H21N5O/c1-9-12(10(2)19(3)17-9)13-16-14(20-18-13)11-5-4-7-15-8-6-11/h11,15H,4-8H2,1-3H3. The topological polar surface area (TPSA) is 68.8 Å². The molecular weight excluding hydrogens is 254 g/mol. The van der Waals surface area contributed by atoms with Gasteiger partial charge in [0, 0.05) is 18.7 Å². The first kappa shape index (κ1) is 13.3. The molecule has 6 heteroatoms. The molecule has 1 aliphatic heterocycles. The van der Waals surface area contributed by atoms with E-state index in [4.69, 9.17) is 4.52 Å². The van der Waals surface area contributed by atoms with Gasteiger partial charge in [0.25, 0.3) is 0 Å². The third kappa shape index (κ3) is 2.35. The zero-order chi connectivity index (χ0) is 14.1. The number of nitrogens with one attached hydrogen (secondary N) is 1. The first-order valence-corrected chi connectivity index (χ1v) is 7.21. The summed E-state index contributed by atoms with van der Waals surface area (Å²) >= 11 is 0. The van der Waals surface area contributed by atoms with Gasteiger partial charge in [-0.05, 0) is 46.2 Å². The van der Waals surface area contributed by atoms with Crippen LogP contribution in [0.4, 0.5) is 0 Å². The molecule has 0 aliphatic carbocycles. The molecule has 1 unspecified atom stereocenters. The van der Waals surface area contributed by atoms with E-state index in [2.05, 4.69) is 20.6 Å². The van der Waals surface area contributed by atoms with Crippen molar-refractivity contribution in [3.63, 3.8) is 0 Å². The van der Waals surface area contributed by atoms with Gasteiger partial charge in [-0.2, -0.15) is 10.1 Å². The van der Waals surface area contributed by atoms with Crippen molar-refractivity contribution in [1.29, 1.82) is 0 Å². The van der Waals surface area contributed by atoms with Gasteiger partial charge < -0.3 is 9.84 Å². The molecule has 0 saturated carbocycles. The summed E-state index contributed by atoms with van der Waals surface area (Å²) in [7, 11) is 1.93. The van der Waals surface area contributed by atoms with E-state index in [-0.39, 0.29) is 0 Å². The fraction of sp³-hybridized carbons (Fsp3) is 0.643. The fourth-order valence-corrected chi connectivity index (χ4v) is 2.87. The van der Waals surface area contributed by atoms with Crippen LogP contribution in [0.1, 0.15) is 42.5 Å². The van der Waals surface area contributed by atoms with Gasteiger partial charge in [0.15, 0.2) is 0 Å². The van der Waals surface area contributed by atoms with E-state index >= 15 is 0 Å². The Bertz CT molecular complexity index is 593. The van der Waals surface area contributed by atoms with Crippen LogP contribution in [0.25, 0.3) is 11.4 Å². The first-order chi connectivity index (χ1) is 9.66. The van der Waals surface area contributed by atoms with E-state index in [0.29, 0.717) is 11.7 Å². The highest BCUT2D eigenvalue weighted by molar-refractivity contribution is 5.60. The average molecular weight is 275 g/mol. The molecule has 1 fully saturated rings. The Morgan fingerprint density at radius 2 is 2.10 bits per heavy atom. The second-order valence-corrected chi connectivity index (χ2v) is 5.50. The Morgan fingerprint density at radius 1 is 1.25 bits per heavy atom. The highest BCUT2D eigenvalue weighted by atomic mass is 16.5. The highest BCUT2D eigenvalue weighted by Gasteiger charge is 2.23. The molecule has 0 amide bonds. The summed E-state index contributed by atoms with van der Waals surface area (Å²) in [6.07, 6.45) is 3.33. The van der Waals surface area contributed by atoms with Crippen molar-refractivity contribution in [3.05, 3.63) is 17.3 Å². The molecule has 3 rings (SSSR count). The lowest BCUT2D eigenvalue weighted by atomic mass is 10.0. The molecule has 0 spiro atoms. The lowest BCUT2D eigenvalue weighted by Gasteiger charge is -2.06. The highest BCUT2D eigenvalue weighted by Crippen LogP contribution is 2.29. The molecule has 20 heavy (non-hydrogen) atoms. The molecule has 1 atom stereocenters. The Morgan fingerprint density at radius 3 is 2.85 bits per heavy atom. The van der Waals surface area contributed by atoms with E-state index in [1.165, 1.54) is 0 Å². The number of nitrogens with zero attached hydrogens (tertiary/aromatic N) is 4. The average Bonchev–Trinajstić information content (AvgIpc) is 2.85. The van der Waals surface area contributed by atoms with Gasteiger partial charge in [0.1, 0.15) is 0 Å². The maximum atomic E-state index is 5.51. The molecule has 1 saturated heterocycles. The quantitative estimate of drug-likeness (QED) is 0.907. The van der Waals surface area contributed by atoms with Crippen LogP contribution in [0.3, 0.4) is 0 Å². The molecule has 2 aromatic rings. The second kappa shape index (κ2) is 5.36. The minimum absolute atomic E-state index is 0.378. The van der Waals surface area contributed by atoms with E-state index < -0.39 is 0 Å². The number of rotatable bonds is 2. The van der Waals surface area contributed by atoms with Crippen LogP contribution in [-0.4, -0.2) is 33.0 Å². The zero-order valence-corrected chi connectivity index (χ0v) is 12.3. The predicted octanol–water partition coefficient (Wildman–Crippen LogP) is 1.94. The molecule has 0 aromatic carbocycles. The second-order valence-electron chi connectivity index (χ2n) is 5.50. The van der Waals surface area contributed by atoms with Gasteiger partial charge in [-0.3, -0.25) is 4.68 Å². The summed E-state index contributed by atoms with van der Waals surface area (Å²) in [4.78, 5) is 4.62. The predicted molar refractivity (Wildman–Crippen MR) is 75.4 cm³/mol. The van der Waals surface area contributed by atoms with Gasteiger partial charge in [-0.25, -0.2) is 0 Å². The first-order valence-electron chi connectivity index (χ1n) is 7.21. The molecule has 1 aliphatic rings. The van der Waals surface area contributed by atoms with Crippen LogP contribution in [0.15, 0.2) is 4.52 Å². The van der Waals surface area contributed by atoms with Gasteiger partial charge in [-0.15, -0.1) is 0 Å². The number of aromatic nitrogens is 4. The maximum absolute atomic E-state index is 5.51. The van der Waals surface area contributed by atoms with Crippen molar-refractivity contribution < 1.29 is 4.52 Å². The zero-order valence-electron chi connectivity index (χ0n) is 12.3. The van der Waals surface area contributed by atoms with Crippen LogP contribution in [-0.2, 0) is 7.05 Å². The van der Waals surface area contributed by atoms with E-state index in [0.717, 1.165) is 55.2 Å². The smallest absolute Gasteiger partial charge is 0.230 e. The van der Waals surface area contributed by atoms with Crippen molar-refractivity contribution >= 4 is 0 Å². The lowest BCUT2D eigenvalue weighted by Crippen LogP contribution is -2.13. The Hall–Kier alpha value is -1.69. The monoisotopic (exact) mass is 275 g/mol. The number of hydrogen-bond acceptors (Lipinski definition) is 5. The van der Waals surface area contributed by atoms with Crippen molar-refractivity contribution in [1.82, 2.24) is 25.2 Å². The molecule has 2 aromatic heterocycles. The number of aryl methyl sites for hydroxylation is 2. The minimum Gasteiger partial charge on any atom is -0.339 e. The van der Waals surface area contributed by atoms with Gasteiger partial charge in [0.2, 0.25) is 11.7 Å². The summed E-state index contributed by atoms with van der Waals surface area (Å²) in [6, 6.07) is 0. The SMILES string of the molecule is Cc1nn(C)c(C)c1-c1noc(C2CCCNCC2)n1. The summed E-state index contributed by atoms with van der Waals surface area (Å²) in [5, 5.41) is 12.0. The van der Waals surface area contributed by atoms with Gasteiger partial charge in [0.05, 0.1) is 11.3 Å². The molecule has 108 valence electrons. The van der Waals surface area contributed by atoms with Crippen molar-refractivity contribution in [2.24, 2.45) is 7.05 Å². The Balaban J connectivity index is 1.89. The molecule has 3 heterocycles. The Labute approximate surface area is 118 Å². The summed E-state index contributed by atoms with van der Waals surface area (Å²) in [5.74, 6) is 1.81. The molecule has 1 N–H and O–H groups in total. The maximum Gasteiger partial charge on any atom is 0.230 e. The Kier molecular flexibility index (Phi) is 3.56. The molecule has 0 bridgehead atoms. The largest absolute Gasteiger partial charge is 0.339 e.